The van der Waals surface area contributed by atoms with Crippen LogP contribution in [-0.4, -0.2) is 43.1 Å². The number of rotatable bonds is 11. The molecule has 0 heterocycles. The lowest BCUT2D eigenvalue weighted by Crippen LogP contribution is -2.21. The summed E-state index contributed by atoms with van der Waals surface area (Å²) in [5, 5.41) is 7.41. The summed E-state index contributed by atoms with van der Waals surface area (Å²) in [5.41, 5.74) is 8.57. The van der Waals surface area contributed by atoms with Crippen LogP contribution in [-0.2, 0) is 16.4 Å². The van der Waals surface area contributed by atoms with Crippen LogP contribution in [0.25, 0.3) is 10.8 Å². The number of anilines is 3. The van der Waals surface area contributed by atoms with Gasteiger partial charge in [-0.2, -0.15) is 0 Å². The molecule has 11 heteroatoms. The topological polar surface area (TPSA) is 139 Å². The average molecular weight is 671 g/mol. The van der Waals surface area contributed by atoms with E-state index in [9.17, 15) is 9.00 Å². The van der Waals surface area contributed by atoms with Gasteiger partial charge in [0.1, 0.15) is 16.7 Å². The molecule has 0 saturated heterocycles. The van der Waals surface area contributed by atoms with E-state index >= 15 is 0 Å². The number of nitrogens with one attached hydrogen (secondary N) is 3. The molecule has 2 unspecified atom stereocenters. The molecule has 0 bridgehead atoms. The average Bonchev–Trinajstić information content (AvgIpc) is 3.06. The van der Waals surface area contributed by atoms with E-state index in [-0.39, 0.29) is 11.5 Å². The minimum atomic E-state index is -1.35. The number of allylic oxidation sites excluding steroid dienone is 1. The molecule has 5 N–H and O–H groups in total. The Bertz CT molecular complexity index is 1820. The number of urea groups is 1. The largest absolute Gasteiger partial charge is 0.492 e. The minimum Gasteiger partial charge on any atom is -0.492 e. The minimum absolute atomic E-state index is 0.0322. The first kappa shape index (κ1) is 37.5. The van der Waals surface area contributed by atoms with E-state index in [1.807, 2.05) is 80.6 Å². The normalized spacial score (nSPS) is 13.0. The van der Waals surface area contributed by atoms with Crippen LogP contribution in [0.4, 0.5) is 21.9 Å². The van der Waals surface area contributed by atoms with E-state index in [1.54, 1.807) is 18.2 Å². The highest BCUT2D eigenvalue weighted by Crippen LogP contribution is 2.39. The van der Waals surface area contributed by atoms with Crippen molar-refractivity contribution in [3.63, 3.8) is 0 Å². The highest BCUT2D eigenvalue weighted by molar-refractivity contribution is 7.85. The fraction of sp³-hybridized carbons (Fsp3) is 0.270. The highest BCUT2D eigenvalue weighted by Gasteiger charge is 2.22. The Balaban J connectivity index is 0.00000307. The van der Waals surface area contributed by atoms with Crippen molar-refractivity contribution in [2.45, 2.75) is 46.1 Å². The second-order valence-electron chi connectivity index (χ2n) is 11.7. The smallest absolute Gasteiger partial charge is 0.323 e. The van der Waals surface area contributed by atoms with Gasteiger partial charge in [0.15, 0.2) is 5.75 Å². The molecule has 0 aliphatic heterocycles. The number of fused-ring (bicyclic) bond motifs is 1. The molecule has 0 fully saturated rings. The lowest BCUT2D eigenvalue weighted by molar-refractivity contribution is 0.262. The number of aliphatic imine (C=N–C) groups is 2. The number of carbonyl (C=O) groups excluding carboxylic acids is 1. The molecular weight excluding hydrogens is 625 g/mol. The molecule has 10 nitrogen and oxygen atoms in total. The third-order valence-corrected chi connectivity index (χ3v) is 7.68. The van der Waals surface area contributed by atoms with Crippen molar-refractivity contribution >= 4 is 57.3 Å². The third kappa shape index (κ3) is 10.00. The van der Waals surface area contributed by atoms with Gasteiger partial charge in [-0.1, -0.05) is 75.4 Å². The van der Waals surface area contributed by atoms with Gasteiger partial charge in [-0.3, -0.25) is 4.99 Å². The molecule has 0 saturated carbocycles. The van der Waals surface area contributed by atoms with E-state index in [0.717, 1.165) is 27.6 Å². The van der Waals surface area contributed by atoms with Crippen LogP contribution in [0.2, 0.25) is 0 Å². The van der Waals surface area contributed by atoms with Crippen molar-refractivity contribution in [3.05, 3.63) is 102 Å². The van der Waals surface area contributed by atoms with Crippen LogP contribution >= 0.6 is 0 Å². The number of ether oxygens (including phenoxy) is 2. The summed E-state index contributed by atoms with van der Waals surface area (Å²) in [5.74, 6) is 1.22. The van der Waals surface area contributed by atoms with Gasteiger partial charge in [0.2, 0.25) is 5.88 Å². The molecule has 2 atom stereocenters. The van der Waals surface area contributed by atoms with Gasteiger partial charge in [-0.25, -0.2) is 14.0 Å². The van der Waals surface area contributed by atoms with E-state index in [1.165, 1.54) is 20.4 Å². The van der Waals surface area contributed by atoms with Gasteiger partial charge in [0, 0.05) is 28.8 Å². The first-order valence-electron chi connectivity index (χ1n) is 15.3. The Kier molecular flexibility index (Phi) is 13.5. The zero-order valence-corrected chi connectivity index (χ0v) is 29.7. The monoisotopic (exact) mass is 670 g/mol. The number of carbonyl (C=O) groups is 1. The Hall–Kier alpha value is -5.00. The number of hydrogen-bond acceptors (Lipinski definition) is 7. The Morgan fingerprint density at radius 1 is 0.938 bits per heavy atom. The van der Waals surface area contributed by atoms with Gasteiger partial charge in [0.25, 0.3) is 0 Å². The van der Waals surface area contributed by atoms with Crippen LogP contribution in [0, 0.1) is 0 Å². The lowest BCUT2D eigenvalue weighted by Gasteiger charge is -2.24. The van der Waals surface area contributed by atoms with Crippen LogP contribution in [0.1, 0.15) is 51.8 Å². The van der Waals surface area contributed by atoms with E-state index in [0.29, 0.717) is 34.4 Å². The number of amides is 2. The zero-order valence-electron chi connectivity index (χ0n) is 28.9. The summed E-state index contributed by atoms with van der Waals surface area (Å²) < 4.78 is 26.7. The second kappa shape index (κ2) is 17.2. The quantitative estimate of drug-likeness (QED) is 0.0941. The summed E-state index contributed by atoms with van der Waals surface area (Å²) in [6, 6.07) is 24.4. The fourth-order valence-electron chi connectivity index (χ4n) is 4.90. The van der Waals surface area contributed by atoms with Crippen molar-refractivity contribution < 1.29 is 18.5 Å². The maximum Gasteiger partial charge on any atom is 0.323 e. The van der Waals surface area contributed by atoms with E-state index in [4.69, 9.17) is 14.5 Å². The Labute approximate surface area is 286 Å². The van der Waals surface area contributed by atoms with E-state index < -0.39 is 17.0 Å². The summed E-state index contributed by atoms with van der Waals surface area (Å²) >= 11 is 0. The number of hydrogen-bond donors (Lipinski definition) is 4. The van der Waals surface area contributed by atoms with Crippen molar-refractivity contribution in [1.29, 1.82) is 0 Å². The Morgan fingerprint density at radius 2 is 1.54 bits per heavy atom. The first-order valence-corrected chi connectivity index (χ1v) is 16.9. The highest BCUT2D eigenvalue weighted by atomic mass is 32.2. The number of nitrogens with zero attached hydrogens (tertiary/aromatic N) is 2. The predicted molar refractivity (Wildman–Crippen MR) is 202 cm³/mol. The van der Waals surface area contributed by atoms with E-state index in [2.05, 4.69) is 53.6 Å². The zero-order chi connectivity index (χ0) is 35.4. The maximum atomic E-state index is 13.4. The van der Waals surface area contributed by atoms with Crippen molar-refractivity contribution in [2.24, 2.45) is 15.7 Å². The van der Waals surface area contributed by atoms with Gasteiger partial charge >= 0.3 is 6.03 Å². The van der Waals surface area contributed by atoms with Crippen LogP contribution in [0.5, 0.6) is 11.5 Å². The maximum absolute atomic E-state index is 13.4. The molecule has 4 rings (SSSR count). The van der Waals surface area contributed by atoms with Crippen molar-refractivity contribution in [3.8, 4) is 11.5 Å². The standard InChI is InChI=1S/C36H41N5O4S.CH5N/c1-23(38-24(2)25-14-10-9-11-15-25)20-33(37-6)45-32-19-18-29(27-16-12-13-17-28(27)32)39-35(42)40-30-21-26(36(3,4)5)22-31(34(30)44-7)41-46(8)43;1-2/h9-22,24,41H,6H2,1-5,7-8H3,(H2,39,40,42);2H2,1H3/b33-20+,38-23?;. The number of benzene rings is 4. The molecule has 4 aromatic carbocycles. The number of nitrogens with two attached hydrogens (primary N) is 1. The molecular formula is C37H46N6O4S. The summed E-state index contributed by atoms with van der Waals surface area (Å²) in [6.45, 7) is 13.8. The summed E-state index contributed by atoms with van der Waals surface area (Å²) in [7, 11) is 1.66. The van der Waals surface area contributed by atoms with Crippen LogP contribution in [0.15, 0.2) is 101 Å². The Morgan fingerprint density at radius 3 is 2.15 bits per heavy atom. The first-order chi connectivity index (χ1) is 22.9. The molecule has 4 aromatic rings. The third-order valence-electron chi connectivity index (χ3n) is 7.18. The van der Waals surface area contributed by atoms with Crippen molar-refractivity contribution in [1.82, 2.24) is 0 Å². The van der Waals surface area contributed by atoms with Gasteiger partial charge in [0.05, 0.1) is 30.2 Å². The predicted octanol–water partition coefficient (Wildman–Crippen LogP) is 8.21. The van der Waals surface area contributed by atoms with Gasteiger partial charge in [-0.15, -0.1) is 0 Å². The van der Waals surface area contributed by atoms with Gasteiger partial charge < -0.3 is 30.6 Å². The fourth-order valence-corrected chi connectivity index (χ4v) is 5.36. The lowest BCUT2D eigenvalue weighted by atomic mass is 9.86. The van der Waals surface area contributed by atoms with Crippen LogP contribution < -0.4 is 30.6 Å². The summed E-state index contributed by atoms with van der Waals surface area (Å²) in [4.78, 5) is 22.2. The molecule has 2 amide bonds. The molecule has 254 valence electrons. The molecule has 0 spiro atoms. The number of methoxy groups -OCH3 is 1. The SMILES string of the molecule is C=N/C(=C\C(C)=NC(C)c1ccccc1)Oc1ccc(NC(=O)Nc2cc(C(C)(C)C)cc(NS(C)=O)c2OC)c2ccccc12.CN. The molecule has 0 aliphatic rings. The molecule has 48 heavy (non-hydrogen) atoms. The summed E-state index contributed by atoms with van der Waals surface area (Å²) in [6.07, 6.45) is 3.28. The van der Waals surface area contributed by atoms with Crippen LogP contribution in [0.3, 0.4) is 0 Å². The van der Waals surface area contributed by atoms with Gasteiger partial charge in [-0.05, 0) is 68.4 Å². The second-order valence-corrected chi connectivity index (χ2v) is 12.9. The van der Waals surface area contributed by atoms with Crippen molar-refractivity contribution in [2.75, 3.05) is 35.8 Å². The molecule has 0 radical (unpaired) electrons. The molecule has 0 aromatic heterocycles. The molecule has 0 aliphatic carbocycles.